The summed E-state index contributed by atoms with van der Waals surface area (Å²) in [6.07, 6.45) is 2.05. The summed E-state index contributed by atoms with van der Waals surface area (Å²) >= 11 is 0. The van der Waals surface area contributed by atoms with Crippen LogP contribution < -0.4 is 15.4 Å². The number of nitrogens with one attached hydrogen (secondary N) is 3. The van der Waals surface area contributed by atoms with Gasteiger partial charge in [-0.1, -0.05) is 25.1 Å². The third-order valence-corrected chi connectivity index (χ3v) is 6.34. The molecule has 3 N–H and O–H groups in total. The molecule has 27 heavy (non-hydrogen) atoms. The quantitative estimate of drug-likeness (QED) is 0.711. The van der Waals surface area contributed by atoms with Crippen LogP contribution in [-0.4, -0.2) is 34.0 Å². The number of carbonyl (C=O) groups is 1. The molecule has 6 nitrogen and oxygen atoms in total. The molecule has 7 heteroatoms. The molecular formula is C20H25N3O3S. The second-order valence-corrected chi connectivity index (χ2v) is 8.92. The van der Waals surface area contributed by atoms with E-state index in [-0.39, 0.29) is 16.2 Å². The molecule has 2 aromatic rings. The standard InChI is InChI=1S/C20H25N3O3S/c1-20(11-13-21-14-12-20)15-22-19(24)16-7-9-18(10-8-16)27(25,26)23-17-5-3-2-4-6-17/h2-10,21,23H,11-15H2,1H3,(H,22,24). The first-order valence-corrected chi connectivity index (χ1v) is 10.5. The van der Waals surface area contributed by atoms with Gasteiger partial charge in [-0.2, -0.15) is 0 Å². The molecule has 1 aliphatic heterocycles. The Morgan fingerprint density at radius 1 is 1.04 bits per heavy atom. The molecule has 0 spiro atoms. The minimum atomic E-state index is -3.68. The van der Waals surface area contributed by atoms with Gasteiger partial charge in [0, 0.05) is 17.8 Å². The van der Waals surface area contributed by atoms with E-state index in [0.717, 1.165) is 25.9 Å². The van der Waals surface area contributed by atoms with Gasteiger partial charge in [0.2, 0.25) is 0 Å². The lowest BCUT2D eigenvalue weighted by atomic mass is 9.81. The van der Waals surface area contributed by atoms with Gasteiger partial charge in [0.1, 0.15) is 0 Å². The lowest BCUT2D eigenvalue weighted by molar-refractivity contribution is 0.0922. The molecule has 3 rings (SSSR count). The van der Waals surface area contributed by atoms with Crippen LogP contribution in [0, 0.1) is 5.41 Å². The zero-order valence-corrected chi connectivity index (χ0v) is 16.2. The van der Waals surface area contributed by atoms with Gasteiger partial charge in [0.25, 0.3) is 15.9 Å². The lowest BCUT2D eigenvalue weighted by Crippen LogP contribution is -2.42. The maximum Gasteiger partial charge on any atom is 0.261 e. The second-order valence-electron chi connectivity index (χ2n) is 7.24. The Labute approximate surface area is 160 Å². The predicted molar refractivity (Wildman–Crippen MR) is 106 cm³/mol. The monoisotopic (exact) mass is 387 g/mol. The predicted octanol–water partition coefficient (Wildman–Crippen LogP) is 2.61. The molecule has 0 aliphatic carbocycles. The van der Waals surface area contributed by atoms with Crippen molar-refractivity contribution in [3.05, 3.63) is 60.2 Å². The first-order valence-electron chi connectivity index (χ1n) is 9.05. The Morgan fingerprint density at radius 3 is 2.30 bits per heavy atom. The Balaban J connectivity index is 1.63. The zero-order valence-electron chi connectivity index (χ0n) is 15.4. The topological polar surface area (TPSA) is 87.3 Å². The highest BCUT2D eigenvalue weighted by molar-refractivity contribution is 7.92. The molecule has 0 aromatic heterocycles. The Hall–Kier alpha value is -2.38. The van der Waals surface area contributed by atoms with Gasteiger partial charge in [-0.05, 0) is 67.7 Å². The van der Waals surface area contributed by atoms with Gasteiger partial charge in [-0.25, -0.2) is 8.42 Å². The van der Waals surface area contributed by atoms with Crippen molar-refractivity contribution in [2.45, 2.75) is 24.7 Å². The highest BCUT2D eigenvalue weighted by Gasteiger charge is 2.27. The average Bonchev–Trinajstić information content (AvgIpc) is 2.67. The third kappa shape index (κ3) is 5.08. The van der Waals surface area contributed by atoms with Crippen molar-refractivity contribution in [3.8, 4) is 0 Å². The largest absolute Gasteiger partial charge is 0.351 e. The summed E-state index contributed by atoms with van der Waals surface area (Å²) in [6, 6.07) is 14.7. The summed E-state index contributed by atoms with van der Waals surface area (Å²) in [4.78, 5) is 12.5. The van der Waals surface area contributed by atoms with E-state index in [1.807, 2.05) is 6.07 Å². The number of para-hydroxylation sites is 1. The fraction of sp³-hybridized carbons (Fsp3) is 0.350. The summed E-state index contributed by atoms with van der Waals surface area (Å²) in [7, 11) is -3.68. The molecular weight excluding hydrogens is 362 g/mol. The smallest absolute Gasteiger partial charge is 0.261 e. The fourth-order valence-electron chi connectivity index (χ4n) is 3.11. The number of carbonyl (C=O) groups excluding carboxylic acids is 1. The number of hydrogen-bond donors (Lipinski definition) is 3. The minimum absolute atomic E-state index is 0.101. The number of sulfonamides is 1. The normalized spacial score (nSPS) is 16.5. The van der Waals surface area contributed by atoms with E-state index in [1.54, 1.807) is 36.4 Å². The van der Waals surface area contributed by atoms with E-state index in [2.05, 4.69) is 22.3 Å². The Bertz CT molecular complexity index is 874. The molecule has 0 saturated carbocycles. The minimum Gasteiger partial charge on any atom is -0.351 e. The van der Waals surface area contributed by atoms with Crippen molar-refractivity contribution < 1.29 is 13.2 Å². The Morgan fingerprint density at radius 2 is 1.67 bits per heavy atom. The van der Waals surface area contributed by atoms with Crippen molar-refractivity contribution >= 4 is 21.6 Å². The maximum atomic E-state index is 12.4. The molecule has 1 aliphatic rings. The molecule has 0 radical (unpaired) electrons. The molecule has 1 amide bonds. The van der Waals surface area contributed by atoms with Crippen LogP contribution in [0.1, 0.15) is 30.1 Å². The van der Waals surface area contributed by atoms with Crippen LogP contribution in [0.4, 0.5) is 5.69 Å². The summed E-state index contributed by atoms with van der Waals surface area (Å²) in [5.41, 5.74) is 1.05. The highest BCUT2D eigenvalue weighted by atomic mass is 32.2. The first kappa shape index (κ1) is 19.4. The van der Waals surface area contributed by atoms with E-state index in [9.17, 15) is 13.2 Å². The van der Waals surface area contributed by atoms with Crippen molar-refractivity contribution in [1.29, 1.82) is 0 Å². The fourth-order valence-corrected chi connectivity index (χ4v) is 4.17. The van der Waals surface area contributed by atoms with Crippen LogP contribution in [0.15, 0.2) is 59.5 Å². The van der Waals surface area contributed by atoms with Gasteiger partial charge in [-0.15, -0.1) is 0 Å². The number of hydrogen-bond acceptors (Lipinski definition) is 4. The van der Waals surface area contributed by atoms with Crippen LogP contribution in [0.25, 0.3) is 0 Å². The molecule has 0 bridgehead atoms. The van der Waals surface area contributed by atoms with Crippen LogP contribution in [0.3, 0.4) is 0 Å². The molecule has 1 heterocycles. The molecule has 0 unspecified atom stereocenters. The summed E-state index contributed by atoms with van der Waals surface area (Å²) in [5, 5.41) is 6.30. The summed E-state index contributed by atoms with van der Waals surface area (Å²) in [6.45, 7) is 4.73. The van der Waals surface area contributed by atoms with Gasteiger partial charge in [-0.3, -0.25) is 9.52 Å². The molecule has 0 atom stereocenters. The third-order valence-electron chi connectivity index (χ3n) is 4.94. The van der Waals surface area contributed by atoms with Crippen molar-refractivity contribution in [2.24, 2.45) is 5.41 Å². The van der Waals surface area contributed by atoms with Crippen LogP contribution >= 0.6 is 0 Å². The SMILES string of the molecule is CC1(CNC(=O)c2ccc(S(=O)(=O)Nc3ccccc3)cc2)CCNCC1. The lowest BCUT2D eigenvalue weighted by Gasteiger charge is -2.34. The molecule has 1 saturated heterocycles. The van der Waals surface area contributed by atoms with Crippen molar-refractivity contribution in [2.75, 3.05) is 24.4 Å². The summed E-state index contributed by atoms with van der Waals surface area (Å²) < 4.78 is 27.4. The van der Waals surface area contributed by atoms with Crippen LogP contribution in [0.2, 0.25) is 0 Å². The van der Waals surface area contributed by atoms with Crippen LogP contribution in [0.5, 0.6) is 0 Å². The maximum absolute atomic E-state index is 12.4. The second kappa shape index (κ2) is 8.10. The number of rotatable bonds is 6. The van der Waals surface area contributed by atoms with Gasteiger partial charge in [0.15, 0.2) is 0 Å². The molecule has 1 fully saturated rings. The van der Waals surface area contributed by atoms with Crippen LogP contribution in [-0.2, 0) is 10.0 Å². The average molecular weight is 388 g/mol. The number of benzene rings is 2. The van der Waals surface area contributed by atoms with E-state index in [1.165, 1.54) is 12.1 Å². The molecule has 144 valence electrons. The van der Waals surface area contributed by atoms with Crippen molar-refractivity contribution in [1.82, 2.24) is 10.6 Å². The van der Waals surface area contributed by atoms with Gasteiger partial charge in [0.05, 0.1) is 4.90 Å². The van der Waals surface area contributed by atoms with Gasteiger partial charge >= 0.3 is 0 Å². The van der Waals surface area contributed by atoms with E-state index >= 15 is 0 Å². The highest BCUT2D eigenvalue weighted by Crippen LogP contribution is 2.26. The van der Waals surface area contributed by atoms with E-state index < -0.39 is 10.0 Å². The van der Waals surface area contributed by atoms with Gasteiger partial charge < -0.3 is 10.6 Å². The number of anilines is 1. The number of amides is 1. The van der Waals surface area contributed by atoms with E-state index in [0.29, 0.717) is 17.8 Å². The zero-order chi connectivity index (χ0) is 19.3. The number of piperidine rings is 1. The van der Waals surface area contributed by atoms with E-state index in [4.69, 9.17) is 0 Å². The molecule has 2 aromatic carbocycles. The van der Waals surface area contributed by atoms with Crippen molar-refractivity contribution in [3.63, 3.8) is 0 Å². The Kier molecular flexibility index (Phi) is 5.82. The summed E-state index contributed by atoms with van der Waals surface area (Å²) in [5.74, 6) is -0.185. The first-order chi connectivity index (χ1) is 12.9.